The van der Waals surface area contributed by atoms with Crippen molar-refractivity contribution in [1.29, 1.82) is 0 Å². The number of benzene rings is 3. The average Bonchev–Trinajstić information content (AvgIpc) is 3.68. The van der Waals surface area contributed by atoms with Gasteiger partial charge >= 0.3 is 5.97 Å². The van der Waals surface area contributed by atoms with Gasteiger partial charge in [0.25, 0.3) is 12.4 Å². The molecule has 21 nitrogen and oxygen atoms in total. The van der Waals surface area contributed by atoms with Crippen LogP contribution in [0.25, 0.3) is 10.4 Å². The molecule has 0 spiro atoms. The molecule has 0 bridgehead atoms. The van der Waals surface area contributed by atoms with Crippen LogP contribution in [0.4, 0.5) is 17.1 Å². The van der Waals surface area contributed by atoms with Gasteiger partial charge in [0.2, 0.25) is 12.8 Å². The number of aliphatic hydroxyl groups is 1. The minimum atomic E-state index is -3.27. The first-order valence-corrected chi connectivity index (χ1v) is 26.3. The second-order valence-electron chi connectivity index (χ2n) is 17.6. The Labute approximate surface area is 442 Å². The Kier molecular flexibility index (Phi) is 25.1. The lowest BCUT2D eigenvalue weighted by Gasteiger charge is -2.55. The van der Waals surface area contributed by atoms with Crippen molar-refractivity contribution in [2.45, 2.75) is 96.3 Å². The number of halogens is 1. The van der Waals surface area contributed by atoms with Gasteiger partial charge in [-0.15, -0.1) is 22.1 Å². The van der Waals surface area contributed by atoms with Crippen molar-refractivity contribution < 1.29 is 57.9 Å². The number of nitrogens with zero attached hydrogens (tertiary/aromatic N) is 3. The number of thiophene rings is 1. The third-order valence-electron chi connectivity index (χ3n) is 11.5. The maximum absolute atomic E-state index is 13.2. The van der Waals surface area contributed by atoms with E-state index in [1.807, 2.05) is 44.2 Å². The zero-order valence-corrected chi connectivity index (χ0v) is 44.7. The fourth-order valence-electron chi connectivity index (χ4n) is 8.14. The molecule has 1 aliphatic rings. The van der Waals surface area contributed by atoms with E-state index >= 15 is 0 Å². The van der Waals surface area contributed by atoms with E-state index in [-0.39, 0.29) is 66.5 Å². The van der Waals surface area contributed by atoms with Gasteiger partial charge < -0.3 is 56.9 Å². The van der Waals surface area contributed by atoms with Crippen LogP contribution in [0.3, 0.4) is 0 Å². The number of nitrogens with one attached hydrogen (secondary N) is 4. The number of hydrogen-bond acceptors (Lipinski definition) is 18. The third kappa shape index (κ3) is 18.2. The van der Waals surface area contributed by atoms with E-state index in [1.54, 1.807) is 68.5 Å². The maximum Gasteiger partial charge on any atom is 0.349 e. The molecule has 0 saturated carbocycles. The molecule has 3 atom stereocenters. The number of aromatic carboxylic acids is 1. The van der Waals surface area contributed by atoms with Gasteiger partial charge in [0.1, 0.15) is 17.5 Å². The van der Waals surface area contributed by atoms with Crippen LogP contribution in [0, 0.1) is 6.92 Å². The normalized spacial score (nSPS) is 15.2. The second kappa shape index (κ2) is 30.1. The monoisotopic (exact) mass is 1090 g/mol. The first-order valence-electron chi connectivity index (χ1n) is 23.4. The summed E-state index contributed by atoms with van der Waals surface area (Å²) in [5, 5.41) is 41.2. The largest absolute Gasteiger partial charge is 0.490 e. The van der Waals surface area contributed by atoms with E-state index < -0.39 is 40.5 Å². The molecule has 2 heterocycles. The van der Waals surface area contributed by atoms with E-state index in [9.17, 15) is 38.5 Å². The summed E-state index contributed by atoms with van der Waals surface area (Å²) < 4.78 is 30.6. The molecule has 406 valence electrons. The van der Waals surface area contributed by atoms with Gasteiger partial charge in [-0.05, 0) is 107 Å². The number of carboxylic acid groups (broad SMARTS) is 2. The zero-order chi connectivity index (χ0) is 55.2. The smallest absolute Gasteiger partial charge is 0.349 e. The van der Waals surface area contributed by atoms with Crippen LogP contribution in [-0.4, -0.2) is 133 Å². The predicted octanol–water partition coefficient (Wildman–Crippen LogP) is 7.23. The Morgan fingerprint density at radius 1 is 1.05 bits per heavy atom. The van der Waals surface area contributed by atoms with E-state index in [4.69, 9.17) is 42.6 Å². The highest BCUT2D eigenvalue weighted by Crippen LogP contribution is 2.53. The van der Waals surface area contributed by atoms with Gasteiger partial charge in [0.15, 0.2) is 10.6 Å². The molecule has 0 radical (unpaired) electrons. The summed E-state index contributed by atoms with van der Waals surface area (Å²) in [4.78, 5) is 66.8. The first-order chi connectivity index (χ1) is 35.1. The van der Waals surface area contributed by atoms with Crippen molar-refractivity contribution in [3.05, 3.63) is 105 Å². The molecule has 1 aliphatic heterocycles. The van der Waals surface area contributed by atoms with E-state index in [1.165, 1.54) is 11.2 Å². The van der Waals surface area contributed by atoms with Crippen molar-refractivity contribution in [3.8, 4) is 16.2 Å². The summed E-state index contributed by atoms with van der Waals surface area (Å²) in [5.41, 5.74) is 10.5. The Morgan fingerprint density at radius 2 is 1.72 bits per heavy atom. The number of imide groups is 1. The molecule has 5 rings (SSSR count). The molecule has 3 aromatic carbocycles. The highest BCUT2D eigenvalue weighted by Gasteiger charge is 2.42. The number of rotatable bonds is 25. The van der Waals surface area contributed by atoms with Gasteiger partial charge in [-0.25, -0.2) is 14.9 Å². The van der Waals surface area contributed by atoms with Crippen LogP contribution >= 0.6 is 33.7 Å². The molecular formula is C50H70ClN9O12S2. The second-order valence-corrected chi connectivity index (χ2v) is 21.0. The summed E-state index contributed by atoms with van der Waals surface area (Å²) in [6.45, 7) is 10.1. The number of carbonyl (C=O) groups is 6. The number of hydrogen-bond donors (Lipinski definition) is 11. The number of piperidine rings is 1. The summed E-state index contributed by atoms with van der Waals surface area (Å²) >= 11 is 7.68. The number of hydrazine groups is 1. The number of carboxylic acids is 1. The SMILES string of the molecule is CCOc1c(C(=O)O)sc(-c2cccc(NC3CCN(S(O)(O)Cc4cccc(NC(O)CCN(N)/C=C(\N)CNc5cccc(C(=O)N(C=O)C(C)CCC=O)c5C)c4)C(C)(C)C3)c2)c1Cl.CNC=O.O=CO. The number of nitrogens with two attached hydrogens (primary N) is 2. The Morgan fingerprint density at radius 3 is 2.34 bits per heavy atom. The van der Waals surface area contributed by atoms with Crippen LogP contribution in [0.2, 0.25) is 5.02 Å². The standard InChI is InChI=1S/C47H63ClN8O9S2.C2H5NO.CH2O2/c1-6-65-42-41(48)43(66-44(42)46(61)62)33-13-8-15-36(24-33)52-37-18-21-56(47(4,5)25-37)67(63,64)28-32-12-7-14-35(23-32)53-40(59)19-20-54(50)27-34(49)26-51-39-17-9-16-38(31(39)3)45(60)55(29-58)30(2)11-10-22-57;1-3-2-4;2-1-3/h7-9,12-17,22-24,27,29-30,37,40,51-53,59,63-64H,6,10-11,18-21,25-26,28,49-50H2,1-5H3,(H,61,62);2H,1H3,(H,3,4);1H,(H,2,3)/b34-27-;;. The summed E-state index contributed by atoms with van der Waals surface area (Å²) in [6, 6.07) is 19.4. The minimum absolute atomic E-state index is 0.00953. The van der Waals surface area contributed by atoms with E-state index in [2.05, 4.69) is 21.3 Å². The van der Waals surface area contributed by atoms with Crippen LogP contribution in [0.5, 0.6) is 5.75 Å². The van der Waals surface area contributed by atoms with Crippen LogP contribution in [-0.2, 0) is 24.9 Å². The molecule has 3 amide bonds. The molecule has 74 heavy (non-hydrogen) atoms. The Bertz CT molecular complexity index is 2530. The highest BCUT2D eigenvalue weighted by molar-refractivity contribution is 8.21. The Balaban J connectivity index is 0.00000194. The summed E-state index contributed by atoms with van der Waals surface area (Å²) in [7, 11) is -1.70. The number of anilines is 3. The van der Waals surface area contributed by atoms with Crippen molar-refractivity contribution >= 4 is 88.2 Å². The fourth-order valence-corrected chi connectivity index (χ4v) is 11.6. The molecule has 0 aliphatic carbocycles. The first kappa shape index (κ1) is 61.9. The fraction of sp³-hybridized carbons (Fsp3) is 0.400. The van der Waals surface area contributed by atoms with Crippen molar-refractivity contribution in [2.24, 2.45) is 11.6 Å². The molecule has 1 fully saturated rings. The third-order valence-corrected chi connectivity index (χ3v) is 15.3. The van der Waals surface area contributed by atoms with Crippen molar-refractivity contribution in [2.75, 3.05) is 49.2 Å². The number of aldehydes is 1. The van der Waals surface area contributed by atoms with Crippen LogP contribution in [0.1, 0.15) is 91.0 Å². The van der Waals surface area contributed by atoms with E-state index in [0.717, 1.165) is 33.8 Å². The lowest BCUT2D eigenvalue weighted by molar-refractivity contribution is -0.123. The molecule has 13 N–H and O–H groups in total. The lowest BCUT2D eigenvalue weighted by Crippen LogP contribution is -2.53. The van der Waals surface area contributed by atoms with Gasteiger partial charge in [-0.3, -0.25) is 33.2 Å². The van der Waals surface area contributed by atoms with Gasteiger partial charge in [0.05, 0.1) is 23.8 Å². The predicted molar refractivity (Wildman–Crippen MR) is 291 cm³/mol. The van der Waals surface area contributed by atoms with Crippen molar-refractivity contribution in [1.82, 2.24) is 19.5 Å². The lowest BCUT2D eigenvalue weighted by atomic mass is 9.89. The Hall–Kier alpha value is -6.44. The molecule has 3 unspecified atom stereocenters. The van der Waals surface area contributed by atoms with Crippen molar-refractivity contribution in [3.63, 3.8) is 0 Å². The molecule has 1 saturated heterocycles. The van der Waals surface area contributed by atoms with Gasteiger partial charge in [-0.2, -0.15) is 0 Å². The van der Waals surface area contributed by atoms with Gasteiger partial charge in [0, 0.05) is 85.1 Å². The number of ether oxygens (including phenoxy) is 1. The topological polar surface area (TPSA) is 323 Å². The van der Waals surface area contributed by atoms with E-state index in [0.29, 0.717) is 77.3 Å². The minimum Gasteiger partial charge on any atom is -0.490 e. The molecular weight excluding hydrogens is 1020 g/mol. The molecule has 4 aromatic rings. The highest BCUT2D eigenvalue weighted by atomic mass is 35.5. The summed E-state index contributed by atoms with van der Waals surface area (Å²) in [6.07, 6.45) is 4.47. The van der Waals surface area contributed by atoms with Crippen LogP contribution < -0.4 is 37.6 Å². The van der Waals surface area contributed by atoms with Gasteiger partial charge in [-0.1, -0.05) is 41.9 Å². The maximum atomic E-state index is 13.2. The number of aliphatic hydroxyl groups excluding tert-OH is 1. The van der Waals surface area contributed by atoms with Crippen LogP contribution in [0.15, 0.2) is 78.6 Å². The molecule has 1 aromatic heterocycles. The summed E-state index contributed by atoms with van der Waals surface area (Å²) in [5.74, 6) is 4.78. The molecule has 24 heteroatoms. The average molecular weight is 1090 g/mol. The zero-order valence-electron chi connectivity index (χ0n) is 42.3. The quantitative estimate of drug-likeness (QED) is 0.0135. The number of carbonyl (C=O) groups excluding carboxylic acids is 4. The number of amides is 3.